The summed E-state index contributed by atoms with van der Waals surface area (Å²) in [6.45, 7) is 6.25. The van der Waals surface area contributed by atoms with Gasteiger partial charge < -0.3 is 10.6 Å². The van der Waals surface area contributed by atoms with Crippen molar-refractivity contribution in [3.8, 4) is 0 Å². The number of sulfone groups is 1. The van der Waals surface area contributed by atoms with E-state index in [1.54, 1.807) is 18.7 Å². The van der Waals surface area contributed by atoms with Gasteiger partial charge in [0.1, 0.15) is 0 Å². The van der Waals surface area contributed by atoms with Gasteiger partial charge in [0.25, 0.3) is 0 Å². The van der Waals surface area contributed by atoms with E-state index in [2.05, 4.69) is 0 Å². The number of hydrogen-bond acceptors (Lipinski definition) is 4. The highest BCUT2D eigenvalue weighted by Crippen LogP contribution is 2.24. The van der Waals surface area contributed by atoms with Gasteiger partial charge in [-0.3, -0.25) is 4.79 Å². The molecule has 1 aliphatic heterocycles. The Kier molecular flexibility index (Phi) is 4.19. The van der Waals surface area contributed by atoms with Crippen LogP contribution in [0.3, 0.4) is 0 Å². The van der Waals surface area contributed by atoms with E-state index >= 15 is 0 Å². The first-order chi connectivity index (χ1) is 7.73. The summed E-state index contributed by atoms with van der Waals surface area (Å²) in [5.41, 5.74) is 4.96. The number of carbonyl (C=O) groups excluding carboxylic acids is 1. The molecular formula is C11H22N2O3S. The molecule has 2 N–H and O–H groups in total. The molecule has 1 saturated heterocycles. The van der Waals surface area contributed by atoms with E-state index in [4.69, 9.17) is 5.73 Å². The van der Waals surface area contributed by atoms with E-state index in [0.717, 1.165) is 0 Å². The summed E-state index contributed by atoms with van der Waals surface area (Å²) >= 11 is 0. The highest BCUT2D eigenvalue weighted by atomic mass is 32.2. The maximum Gasteiger partial charge on any atom is 0.229 e. The fraction of sp³-hybridized carbons (Fsp3) is 0.909. The molecule has 17 heavy (non-hydrogen) atoms. The minimum atomic E-state index is -2.96. The van der Waals surface area contributed by atoms with Crippen LogP contribution < -0.4 is 5.73 Å². The van der Waals surface area contributed by atoms with Gasteiger partial charge >= 0.3 is 0 Å². The van der Waals surface area contributed by atoms with Crippen LogP contribution in [0.2, 0.25) is 0 Å². The number of nitrogens with zero attached hydrogens (tertiary/aromatic N) is 1. The lowest BCUT2D eigenvalue weighted by atomic mass is 9.91. The largest absolute Gasteiger partial charge is 0.338 e. The van der Waals surface area contributed by atoms with Gasteiger partial charge in [0, 0.05) is 19.1 Å². The Morgan fingerprint density at radius 3 is 2.41 bits per heavy atom. The fourth-order valence-corrected chi connectivity index (χ4v) is 3.80. The lowest BCUT2D eigenvalue weighted by molar-refractivity contribution is -0.141. The molecule has 0 bridgehead atoms. The van der Waals surface area contributed by atoms with E-state index < -0.39 is 15.3 Å². The summed E-state index contributed by atoms with van der Waals surface area (Å²) in [4.78, 5) is 13.9. The normalized spacial score (nSPS) is 23.6. The molecule has 0 saturated carbocycles. The molecule has 0 radical (unpaired) electrons. The third kappa shape index (κ3) is 3.19. The van der Waals surface area contributed by atoms with E-state index in [0.29, 0.717) is 13.0 Å². The molecule has 1 aliphatic rings. The molecule has 6 heteroatoms. The molecule has 100 valence electrons. The lowest BCUT2D eigenvalue weighted by Crippen LogP contribution is -2.49. The molecule has 1 atom stereocenters. The van der Waals surface area contributed by atoms with Crippen LogP contribution in [0.1, 0.15) is 27.2 Å². The van der Waals surface area contributed by atoms with Gasteiger partial charge in [0.05, 0.1) is 16.9 Å². The molecule has 1 amide bonds. The molecule has 0 aromatic rings. The maximum atomic E-state index is 12.3. The van der Waals surface area contributed by atoms with Gasteiger partial charge in [-0.2, -0.15) is 0 Å². The Balaban J connectivity index is 2.83. The third-order valence-corrected chi connectivity index (χ3v) is 5.09. The highest BCUT2D eigenvalue weighted by Gasteiger charge is 2.38. The molecule has 0 spiro atoms. The SMILES string of the molecule is CCN(C(=O)C(C)(C)CN)C1CCS(=O)(=O)C1. The standard InChI is InChI=1S/C11H22N2O3S/c1-4-13(10(14)11(2,3)8-12)9-5-6-17(15,16)7-9/h9H,4-8,12H2,1-3H3. The Bertz CT molecular complexity index is 390. The number of rotatable bonds is 4. The van der Waals surface area contributed by atoms with Crippen molar-refractivity contribution >= 4 is 15.7 Å². The van der Waals surface area contributed by atoms with Crippen molar-refractivity contribution in [2.75, 3.05) is 24.6 Å². The predicted molar refractivity (Wildman–Crippen MR) is 67.3 cm³/mol. The lowest BCUT2D eigenvalue weighted by Gasteiger charge is -2.34. The summed E-state index contributed by atoms with van der Waals surface area (Å²) in [5.74, 6) is 0.224. The summed E-state index contributed by atoms with van der Waals surface area (Å²) in [7, 11) is -2.96. The van der Waals surface area contributed by atoms with Gasteiger partial charge in [0.2, 0.25) is 5.91 Å². The van der Waals surface area contributed by atoms with Crippen molar-refractivity contribution in [3.05, 3.63) is 0 Å². The first-order valence-electron chi connectivity index (χ1n) is 5.95. The molecule has 0 aromatic heterocycles. The molecule has 1 heterocycles. The van der Waals surface area contributed by atoms with Crippen molar-refractivity contribution in [2.24, 2.45) is 11.1 Å². The zero-order chi connectivity index (χ0) is 13.3. The van der Waals surface area contributed by atoms with Crippen molar-refractivity contribution in [1.82, 2.24) is 4.90 Å². The molecule has 1 unspecified atom stereocenters. The van der Waals surface area contributed by atoms with Gasteiger partial charge in [-0.1, -0.05) is 0 Å². The van der Waals surface area contributed by atoms with Crippen LogP contribution >= 0.6 is 0 Å². The summed E-state index contributed by atoms with van der Waals surface area (Å²) < 4.78 is 22.9. The van der Waals surface area contributed by atoms with Crippen LogP contribution in [0, 0.1) is 5.41 Å². The fourth-order valence-electron chi connectivity index (χ4n) is 2.06. The Morgan fingerprint density at radius 2 is 2.06 bits per heavy atom. The number of amides is 1. The van der Waals surface area contributed by atoms with E-state index in [1.807, 2.05) is 6.92 Å². The van der Waals surface area contributed by atoms with Crippen LogP contribution in [-0.2, 0) is 14.6 Å². The van der Waals surface area contributed by atoms with Gasteiger partial charge in [-0.05, 0) is 27.2 Å². The van der Waals surface area contributed by atoms with Crippen molar-refractivity contribution in [1.29, 1.82) is 0 Å². The smallest absolute Gasteiger partial charge is 0.229 e. The van der Waals surface area contributed by atoms with Gasteiger partial charge in [-0.15, -0.1) is 0 Å². The van der Waals surface area contributed by atoms with Crippen LogP contribution in [0.5, 0.6) is 0 Å². The summed E-state index contributed by atoms with van der Waals surface area (Å²) in [6.07, 6.45) is 0.544. The van der Waals surface area contributed by atoms with Crippen LogP contribution in [-0.4, -0.2) is 49.9 Å². The molecule has 5 nitrogen and oxygen atoms in total. The van der Waals surface area contributed by atoms with Crippen LogP contribution in [0.4, 0.5) is 0 Å². The topological polar surface area (TPSA) is 80.5 Å². The second kappa shape index (κ2) is 4.94. The summed E-state index contributed by atoms with van der Waals surface area (Å²) in [6, 6.07) is -0.177. The van der Waals surface area contributed by atoms with Crippen LogP contribution in [0.15, 0.2) is 0 Å². The van der Waals surface area contributed by atoms with Crippen molar-refractivity contribution < 1.29 is 13.2 Å². The number of hydrogen-bond donors (Lipinski definition) is 1. The monoisotopic (exact) mass is 262 g/mol. The average Bonchev–Trinajstić information content (AvgIpc) is 2.60. The minimum Gasteiger partial charge on any atom is -0.338 e. The third-order valence-electron chi connectivity index (χ3n) is 3.34. The van der Waals surface area contributed by atoms with Crippen LogP contribution in [0.25, 0.3) is 0 Å². The van der Waals surface area contributed by atoms with Gasteiger partial charge in [0.15, 0.2) is 9.84 Å². The zero-order valence-electron chi connectivity index (χ0n) is 10.8. The molecule has 1 fully saturated rings. The quantitative estimate of drug-likeness (QED) is 0.773. The van der Waals surface area contributed by atoms with E-state index in [1.165, 1.54) is 0 Å². The first-order valence-corrected chi connectivity index (χ1v) is 7.77. The van der Waals surface area contributed by atoms with E-state index in [-0.39, 0.29) is 30.0 Å². The number of carbonyl (C=O) groups is 1. The minimum absolute atomic E-state index is 0.0513. The van der Waals surface area contributed by atoms with Gasteiger partial charge in [-0.25, -0.2) is 8.42 Å². The molecule has 0 aliphatic carbocycles. The Labute approximate surface area is 103 Å². The molecule has 1 rings (SSSR count). The first kappa shape index (κ1) is 14.4. The van der Waals surface area contributed by atoms with E-state index in [9.17, 15) is 13.2 Å². The Morgan fingerprint density at radius 1 is 1.47 bits per heavy atom. The predicted octanol–water partition coefficient (Wildman–Crippen LogP) is 0.00690. The second-order valence-electron chi connectivity index (χ2n) is 5.24. The maximum absolute atomic E-state index is 12.3. The average molecular weight is 262 g/mol. The number of nitrogens with two attached hydrogens (primary N) is 1. The molecular weight excluding hydrogens is 240 g/mol. The molecule has 0 aromatic carbocycles. The van der Waals surface area contributed by atoms with Crippen molar-refractivity contribution in [2.45, 2.75) is 33.2 Å². The summed E-state index contributed by atoms with van der Waals surface area (Å²) in [5, 5.41) is 0. The highest BCUT2D eigenvalue weighted by molar-refractivity contribution is 7.91. The second-order valence-corrected chi connectivity index (χ2v) is 7.46. The van der Waals surface area contributed by atoms with Crippen molar-refractivity contribution in [3.63, 3.8) is 0 Å². The zero-order valence-corrected chi connectivity index (χ0v) is 11.6. The Hall–Kier alpha value is -0.620.